The molecular formula is C20H26N2. The summed E-state index contributed by atoms with van der Waals surface area (Å²) < 4.78 is 0. The van der Waals surface area contributed by atoms with E-state index >= 15 is 0 Å². The van der Waals surface area contributed by atoms with E-state index in [0.29, 0.717) is 0 Å². The molecule has 2 aromatic carbocycles. The van der Waals surface area contributed by atoms with Gasteiger partial charge in [0.05, 0.1) is 5.69 Å². The lowest BCUT2D eigenvalue weighted by Crippen LogP contribution is -2.10. The fraction of sp³-hybridized carbons (Fsp3) is 0.350. The van der Waals surface area contributed by atoms with Crippen molar-refractivity contribution < 1.29 is 0 Å². The Balaban J connectivity index is 2.36. The maximum absolute atomic E-state index is 4.80. The quantitative estimate of drug-likeness (QED) is 0.557. The van der Waals surface area contributed by atoms with Gasteiger partial charge in [-0.25, -0.2) is 4.99 Å². The second-order valence-corrected chi connectivity index (χ2v) is 6.34. The van der Waals surface area contributed by atoms with Crippen molar-refractivity contribution >= 4 is 17.2 Å². The van der Waals surface area contributed by atoms with Crippen molar-refractivity contribution in [3.8, 4) is 0 Å². The average Bonchev–Trinajstić information content (AvgIpc) is 2.38. The molecule has 0 saturated carbocycles. The zero-order chi connectivity index (χ0) is 16.4. The maximum Gasteiger partial charge on any atom is 0.103 e. The van der Waals surface area contributed by atoms with E-state index in [-0.39, 0.29) is 0 Å². The van der Waals surface area contributed by atoms with E-state index < -0.39 is 0 Å². The van der Waals surface area contributed by atoms with E-state index in [1.165, 1.54) is 33.4 Å². The number of benzene rings is 2. The van der Waals surface area contributed by atoms with Crippen molar-refractivity contribution in [2.24, 2.45) is 4.99 Å². The number of nitrogens with one attached hydrogen (secondary N) is 1. The van der Waals surface area contributed by atoms with Crippen molar-refractivity contribution in [2.45, 2.75) is 48.5 Å². The predicted octanol–water partition coefficient (Wildman–Crippen LogP) is 5.70. The van der Waals surface area contributed by atoms with Crippen LogP contribution in [0.4, 0.5) is 11.4 Å². The van der Waals surface area contributed by atoms with Crippen LogP contribution < -0.4 is 5.32 Å². The summed E-state index contributed by atoms with van der Waals surface area (Å²) >= 11 is 0. The number of aryl methyl sites for hydroxylation is 6. The van der Waals surface area contributed by atoms with Gasteiger partial charge in [0.25, 0.3) is 0 Å². The third-order valence-corrected chi connectivity index (χ3v) is 3.90. The summed E-state index contributed by atoms with van der Waals surface area (Å²) in [5, 5.41) is 3.47. The number of aliphatic imine (C=N–C) groups is 1. The third kappa shape index (κ3) is 3.56. The molecule has 0 heterocycles. The Kier molecular flexibility index (Phi) is 4.70. The first kappa shape index (κ1) is 16.3. The van der Waals surface area contributed by atoms with Crippen LogP contribution in [0.3, 0.4) is 0 Å². The number of amidine groups is 1. The molecule has 0 aromatic heterocycles. The van der Waals surface area contributed by atoms with Gasteiger partial charge in [0.15, 0.2) is 0 Å². The molecule has 0 spiro atoms. The van der Waals surface area contributed by atoms with Gasteiger partial charge in [-0.05, 0) is 70.7 Å². The van der Waals surface area contributed by atoms with Gasteiger partial charge >= 0.3 is 0 Å². The Morgan fingerprint density at radius 2 is 1.14 bits per heavy atom. The average molecular weight is 294 g/mol. The molecule has 2 rings (SSSR count). The van der Waals surface area contributed by atoms with Crippen LogP contribution in [0.2, 0.25) is 0 Å². The van der Waals surface area contributed by atoms with Crippen molar-refractivity contribution in [3.05, 3.63) is 57.6 Å². The van der Waals surface area contributed by atoms with Crippen LogP contribution in [-0.2, 0) is 0 Å². The van der Waals surface area contributed by atoms with Gasteiger partial charge in [0.2, 0.25) is 0 Å². The maximum atomic E-state index is 4.80. The standard InChI is InChI=1S/C20H26N2/c1-12-8-14(3)19(15(4)9-12)21-18(7)22-20-16(5)10-13(2)11-17(20)6/h8-11H,1-7H3,(H,21,22). The van der Waals surface area contributed by atoms with Crippen LogP contribution >= 0.6 is 0 Å². The lowest BCUT2D eigenvalue weighted by Gasteiger charge is -2.14. The van der Waals surface area contributed by atoms with Crippen molar-refractivity contribution in [1.82, 2.24) is 0 Å². The van der Waals surface area contributed by atoms with Crippen LogP contribution in [-0.4, -0.2) is 5.84 Å². The molecule has 0 amide bonds. The van der Waals surface area contributed by atoms with Gasteiger partial charge in [-0.3, -0.25) is 0 Å². The summed E-state index contributed by atoms with van der Waals surface area (Å²) in [5.41, 5.74) is 9.75. The van der Waals surface area contributed by atoms with E-state index in [2.05, 4.69) is 71.1 Å². The molecule has 2 heteroatoms. The Labute approximate surface area is 134 Å². The number of hydrogen-bond donors (Lipinski definition) is 1. The van der Waals surface area contributed by atoms with Crippen LogP contribution in [0.5, 0.6) is 0 Å². The molecule has 0 unspecified atom stereocenters. The highest BCUT2D eigenvalue weighted by Crippen LogP contribution is 2.26. The summed E-state index contributed by atoms with van der Waals surface area (Å²) in [5.74, 6) is 0.921. The van der Waals surface area contributed by atoms with E-state index in [1.54, 1.807) is 0 Å². The van der Waals surface area contributed by atoms with Gasteiger partial charge in [-0.15, -0.1) is 0 Å². The molecule has 0 aliphatic carbocycles. The van der Waals surface area contributed by atoms with Crippen LogP contribution in [0.25, 0.3) is 0 Å². The Hall–Kier alpha value is -2.09. The molecule has 0 bridgehead atoms. The summed E-state index contributed by atoms with van der Waals surface area (Å²) in [4.78, 5) is 4.80. The van der Waals surface area contributed by atoms with Gasteiger partial charge < -0.3 is 5.32 Å². The molecule has 0 aliphatic rings. The van der Waals surface area contributed by atoms with Gasteiger partial charge in [0, 0.05) is 5.69 Å². The minimum atomic E-state index is 0.921. The van der Waals surface area contributed by atoms with Crippen LogP contribution in [0.15, 0.2) is 29.3 Å². The van der Waals surface area contributed by atoms with E-state index in [4.69, 9.17) is 4.99 Å². The fourth-order valence-electron chi connectivity index (χ4n) is 3.10. The highest BCUT2D eigenvalue weighted by molar-refractivity contribution is 5.97. The van der Waals surface area contributed by atoms with Gasteiger partial charge in [-0.1, -0.05) is 35.4 Å². The number of anilines is 1. The number of nitrogens with zero attached hydrogens (tertiary/aromatic N) is 1. The highest BCUT2D eigenvalue weighted by Gasteiger charge is 2.06. The first-order valence-electron chi connectivity index (χ1n) is 7.76. The molecule has 0 fully saturated rings. The van der Waals surface area contributed by atoms with Gasteiger partial charge in [0.1, 0.15) is 5.84 Å². The summed E-state index contributed by atoms with van der Waals surface area (Å²) in [7, 11) is 0. The highest BCUT2D eigenvalue weighted by atomic mass is 15.0. The summed E-state index contributed by atoms with van der Waals surface area (Å²) in [6.45, 7) is 14.8. The molecule has 0 saturated heterocycles. The molecule has 1 N–H and O–H groups in total. The zero-order valence-electron chi connectivity index (χ0n) is 14.8. The summed E-state index contributed by atoms with van der Waals surface area (Å²) in [6.07, 6.45) is 0. The first-order valence-corrected chi connectivity index (χ1v) is 7.76. The fourth-order valence-corrected chi connectivity index (χ4v) is 3.10. The second kappa shape index (κ2) is 6.35. The Morgan fingerprint density at radius 1 is 0.727 bits per heavy atom. The van der Waals surface area contributed by atoms with Crippen molar-refractivity contribution in [1.29, 1.82) is 0 Å². The van der Waals surface area contributed by atoms with Crippen LogP contribution in [0.1, 0.15) is 40.3 Å². The van der Waals surface area contributed by atoms with Crippen molar-refractivity contribution in [2.75, 3.05) is 5.32 Å². The molecule has 2 aromatic rings. The lowest BCUT2D eigenvalue weighted by atomic mass is 10.0. The molecule has 0 aliphatic heterocycles. The first-order chi connectivity index (χ1) is 10.3. The minimum Gasteiger partial charge on any atom is -0.344 e. The smallest absolute Gasteiger partial charge is 0.103 e. The molecule has 22 heavy (non-hydrogen) atoms. The largest absolute Gasteiger partial charge is 0.344 e. The minimum absolute atomic E-state index is 0.921. The SMILES string of the molecule is CC(=Nc1c(C)cc(C)cc1C)Nc1c(C)cc(C)cc1C. The topological polar surface area (TPSA) is 24.4 Å². The van der Waals surface area contributed by atoms with Crippen LogP contribution in [0, 0.1) is 41.5 Å². The normalized spacial score (nSPS) is 11.7. The van der Waals surface area contributed by atoms with Gasteiger partial charge in [-0.2, -0.15) is 0 Å². The number of rotatable bonds is 2. The lowest BCUT2D eigenvalue weighted by molar-refractivity contribution is 1.27. The summed E-state index contributed by atoms with van der Waals surface area (Å²) in [6, 6.07) is 8.76. The van der Waals surface area contributed by atoms with E-state index in [0.717, 1.165) is 17.2 Å². The predicted molar refractivity (Wildman–Crippen MR) is 97.7 cm³/mol. The molecule has 116 valence electrons. The van der Waals surface area contributed by atoms with E-state index in [9.17, 15) is 0 Å². The Bertz CT molecular complexity index is 693. The van der Waals surface area contributed by atoms with Crippen molar-refractivity contribution in [3.63, 3.8) is 0 Å². The third-order valence-electron chi connectivity index (χ3n) is 3.90. The zero-order valence-corrected chi connectivity index (χ0v) is 14.8. The second-order valence-electron chi connectivity index (χ2n) is 6.34. The number of hydrogen-bond acceptors (Lipinski definition) is 1. The van der Waals surface area contributed by atoms with E-state index in [1.807, 2.05) is 6.92 Å². The monoisotopic (exact) mass is 294 g/mol. The molecule has 0 atom stereocenters. The molecule has 2 nitrogen and oxygen atoms in total. The molecular weight excluding hydrogens is 268 g/mol. The Morgan fingerprint density at radius 3 is 1.59 bits per heavy atom. The molecule has 0 radical (unpaired) electrons.